The number of rotatable bonds is 6. The van der Waals surface area contributed by atoms with Crippen molar-refractivity contribution in [3.63, 3.8) is 0 Å². The molecule has 0 aliphatic carbocycles. The van der Waals surface area contributed by atoms with Crippen molar-refractivity contribution in [3.8, 4) is 0 Å². The molecule has 1 aliphatic rings. The van der Waals surface area contributed by atoms with E-state index in [9.17, 15) is 9.59 Å². The van der Waals surface area contributed by atoms with Crippen molar-refractivity contribution in [1.29, 1.82) is 0 Å². The minimum Gasteiger partial charge on any atom is -0.353 e. The van der Waals surface area contributed by atoms with Crippen molar-refractivity contribution < 1.29 is 9.59 Å². The summed E-state index contributed by atoms with van der Waals surface area (Å²) in [6.45, 7) is 5.55. The quantitative estimate of drug-likeness (QED) is 0.779. The van der Waals surface area contributed by atoms with Crippen LogP contribution in [-0.2, 0) is 11.8 Å². The largest absolute Gasteiger partial charge is 0.353 e. The Hall–Kier alpha value is -1.89. The first kappa shape index (κ1) is 16.5. The molecule has 7 heteroatoms. The second-order valence-electron chi connectivity index (χ2n) is 5.73. The molecule has 1 aromatic rings. The maximum Gasteiger partial charge on any atom is 0.269 e. The summed E-state index contributed by atoms with van der Waals surface area (Å²) in [7, 11) is 1.71. The zero-order chi connectivity index (χ0) is 15.9. The van der Waals surface area contributed by atoms with Gasteiger partial charge in [0.15, 0.2) is 0 Å². The number of amides is 2. The van der Waals surface area contributed by atoms with Gasteiger partial charge >= 0.3 is 0 Å². The average molecular weight is 307 g/mol. The molecule has 0 radical (unpaired) electrons. The number of aryl methyl sites for hydroxylation is 2. The summed E-state index contributed by atoms with van der Waals surface area (Å²) in [5.74, 6) is -0.446. The standard InChI is InChI=1S/C15H25N5O2/c1-12-10-13(19(2)18-12)15(22)17-11-14(21)16-6-9-20-7-4-3-5-8-20/h10H,3-9,11H2,1-2H3,(H,16,21)(H,17,22). The lowest BCUT2D eigenvalue weighted by Crippen LogP contribution is -2.41. The molecule has 2 heterocycles. The predicted octanol–water partition coefficient (Wildman–Crippen LogP) is 0.0604. The van der Waals surface area contributed by atoms with Crippen LogP contribution >= 0.6 is 0 Å². The van der Waals surface area contributed by atoms with Crippen molar-refractivity contribution in [1.82, 2.24) is 25.3 Å². The molecule has 0 aromatic carbocycles. The van der Waals surface area contributed by atoms with Crippen molar-refractivity contribution in [2.45, 2.75) is 26.2 Å². The summed E-state index contributed by atoms with van der Waals surface area (Å²) in [4.78, 5) is 26.0. The van der Waals surface area contributed by atoms with Crippen molar-refractivity contribution in [2.24, 2.45) is 7.05 Å². The highest BCUT2D eigenvalue weighted by atomic mass is 16.2. The summed E-state index contributed by atoms with van der Waals surface area (Å²) in [6.07, 6.45) is 3.80. The van der Waals surface area contributed by atoms with Crippen LogP contribution in [0.25, 0.3) is 0 Å². The fourth-order valence-corrected chi connectivity index (χ4v) is 2.67. The Morgan fingerprint density at radius 2 is 1.95 bits per heavy atom. The molecule has 0 saturated carbocycles. The average Bonchev–Trinajstić information content (AvgIpc) is 2.84. The number of aromatic nitrogens is 2. The Labute approximate surface area is 131 Å². The Morgan fingerprint density at radius 1 is 1.23 bits per heavy atom. The molecule has 2 N–H and O–H groups in total. The second kappa shape index (κ2) is 7.93. The van der Waals surface area contributed by atoms with Gasteiger partial charge in [0, 0.05) is 20.1 Å². The zero-order valence-electron chi connectivity index (χ0n) is 13.4. The molecule has 1 fully saturated rings. The van der Waals surface area contributed by atoms with E-state index in [0.29, 0.717) is 12.2 Å². The van der Waals surface area contributed by atoms with Gasteiger partial charge < -0.3 is 15.5 Å². The zero-order valence-corrected chi connectivity index (χ0v) is 13.4. The lowest BCUT2D eigenvalue weighted by atomic mass is 10.1. The third-order valence-electron chi connectivity index (χ3n) is 3.84. The molecule has 0 atom stereocenters. The summed E-state index contributed by atoms with van der Waals surface area (Å²) in [5.41, 5.74) is 1.23. The Morgan fingerprint density at radius 3 is 2.59 bits per heavy atom. The highest BCUT2D eigenvalue weighted by Gasteiger charge is 2.13. The molecule has 122 valence electrons. The number of hydrogen-bond acceptors (Lipinski definition) is 4. The van der Waals surface area contributed by atoms with Crippen molar-refractivity contribution >= 4 is 11.8 Å². The van der Waals surface area contributed by atoms with E-state index in [-0.39, 0.29) is 18.4 Å². The van der Waals surface area contributed by atoms with E-state index in [1.54, 1.807) is 13.1 Å². The SMILES string of the molecule is Cc1cc(C(=O)NCC(=O)NCCN2CCCCC2)n(C)n1. The molecule has 22 heavy (non-hydrogen) atoms. The van der Waals surface area contributed by atoms with E-state index in [1.807, 2.05) is 6.92 Å². The van der Waals surface area contributed by atoms with Crippen molar-refractivity contribution in [2.75, 3.05) is 32.7 Å². The minimum atomic E-state index is -0.283. The molecule has 0 unspecified atom stereocenters. The van der Waals surface area contributed by atoms with Crippen LogP contribution in [0, 0.1) is 6.92 Å². The highest BCUT2D eigenvalue weighted by Crippen LogP contribution is 2.07. The first-order valence-corrected chi connectivity index (χ1v) is 7.84. The smallest absolute Gasteiger partial charge is 0.269 e. The number of hydrogen-bond donors (Lipinski definition) is 2. The maximum atomic E-state index is 11.9. The van der Waals surface area contributed by atoms with Gasteiger partial charge in [-0.05, 0) is 38.9 Å². The summed E-state index contributed by atoms with van der Waals surface area (Å²) < 4.78 is 1.51. The lowest BCUT2D eigenvalue weighted by Gasteiger charge is -2.26. The fraction of sp³-hybridized carbons (Fsp3) is 0.667. The topological polar surface area (TPSA) is 79.3 Å². The van der Waals surface area contributed by atoms with E-state index < -0.39 is 0 Å². The Bertz CT molecular complexity index is 520. The highest BCUT2D eigenvalue weighted by molar-refractivity contribution is 5.95. The molecule has 1 saturated heterocycles. The molecule has 2 amide bonds. The molecule has 1 aliphatic heterocycles. The number of nitrogens with one attached hydrogen (secondary N) is 2. The summed E-state index contributed by atoms with van der Waals surface area (Å²) >= 11 is 0. The van der Waals surface area contributed by atoms with Crippen LogP contribution in [-0.4, -0.2) is 59.2 Å². The van der Waals surface area contributed by atoms with Crippen LogP contribution in [0.3, 0.4) is 0 Å². The van der Waals surface area contributed by atoms with Gasteiger partial charge in [-0.3, -0.25) is 14.3 Å². The number of carbonyl (C=O) groups is 2. The second-order valence-corrected chi connectivity index (χ2v) is 5.73. The lowest BCUT2D eigenvalue weighted by molar-refractivity contribution is -0.120. The number of piperidine rings is 1. The Balaban J connectivity index is 1.64. The van der Waals surface area contributed by atoms with Gasteiger partial charge in [-0.2, -0.15) is 5.10 Å². The van der Waals surface area contributed by atoms with Gasteiger partial charge in [-0.15, -0.1) is 0 Å². The van der Waals surface area contributed by atoms with Gasteiger partial charge in [-0.25, -0.2) is 0 Å². The van der Waals surface area contributed by atoms with Crippen LogP contribution in [0.5, 0.6) is 0 Å². The van der Waals surface area contributed by atoms with Crippen molar-refractivity contribution in [3.05, 3.63) is 17.5 Å². The van der Waals surface area contributed by atoms with E-state index >= 15 is 0 Å². The maximum absolute atomic E-state index is 11.9. The van der Waals surface area contributed by atoms with E-state index in [1.165, 1.54) is 23.9 Å². The number of likely N-dealkylation sites (tertiary alicyclic amines) is 1. The summed E-state index contributed by atoms with van der Waals surface area (Å²) in [5, 5.41) is 9.57. The minimum absolute atomic E-state index is 0.0109. The van der Waals surface area contributed by atoms with Gasteiger partial charge in [0.25, 0.3) is 5.91 Å². The first-order valence-electron chi connectivity index (χ1n) is 7.84. The van der Waals surface area contributed by atoms with E-state index in [0.717, 1.165) is 25.3 Å². The molecule has 0 bridgehead atoms. The Kier molecular flexibility index (Phi) is 5.94. The molecule has 0 spiro atoms. The molecule has 2 rings (SSSR count). The monoisotopic (exact) mass is 307 g/mol. The number of carbonyl (C=O) groups excluding carboxylic acids is 2. The normalized spacial score (nSPS) is 15.5. The van der Waals surface area contributed by atoms with Gasteiger partial charge in [-0.1, -0.05) is 6.42 Å². The van der Waals surface area contributed by atoms with E-state index in [4.69, 9.17) is 0 Å². The molecule has 7 nitrogen and oxygen atoms in total. The molecular formula is C15H25N5O2. The number of nitrogens with zero attached hydrogens (tertiary/aromatic N) is 3. The van der Waals surface area contributed by atoms with Gasteiger partial charge in [0.1, 0.15) is 5.69 Å². The third-order valence-corrected chi connectivity index (χ3v) is 3.84. The van der Waals surface area contributed by atoms with Crippen LogP contribution in [0.4, 0.5) is 0 Å². The molecule has 1 aromatic heterocycles. The third kappa shape index (κ3) is 4.84. The molecular weight excluding hydrogens is 282 g/mol. The fourth-order valence-electron chi connectivity index (χ4n) is 2.67. The van der Waals surface area contributed by atoms with Crippen LogP contribution < -0.4 is 10.6 Å². The predicted molar refractivity (Wildman–Crippen MR) is 83.6 cm³/mol. The van der Waals surface area contributed by atoms with Gasteiger partial charge in [0.2, 0.25) is 5.91 Å². The van der Waals surface area contributed by atoms with E-state index in [2.05, 4.69) is 20.6 Å². The summed E-state index contributed by atoms with van der Waals surface area (Å²) in [6, 6.07) is 1.70. The van der Waals surface area contributed by atoms with Crippen LogP contribution in [0.15, 0.2) is 6.07 Å². The first-order chi connectivity index (χ1) is 10.6. The van der Waals surface area contributed by atoms with Crippen LogP contribution in [0.1, 0.15) is 35.4 Å². The van der Waals surface area contributed by atoms with Gasteiger partial charge in [0.05, 0.1) is 12.2 Å². The van der Waals surface area contributed by atoms with Crippen LogP contribution in [0.2, 0.25) is 0 Å².